The Labute approximate surface area is 78.7 Å². The van der Waals surface area contributed by atoms with E-state index < -0.39 is 0 Å². The lowest BCUT2D eigenvalue weighted by Gasteiger charge is -2.21. The third-order valence-electron chi connectivity index (χ3n) is 2.96. The van der Waals surface area contributed by atoms with Crippen LogP contribution in [0.2, 0.25) is 0 Å². The van der Waals surface area contributed by atoms with Crippen LogP contribution in [0.25, 0.3) is 0 Å². The van der Waals surface area contributed by atoms with Gasteiger partial charge in [-0.2, -0.15) is 0 Å². The maximum absolute atomic E-state index is 13.5. The quantitative estimate of drug-likeness (QED) is 0.654. The summed E-state index contributed by atoms with van der Waals surface area (Å²) in [7, 11) is 0. The smallest absolute Gasteiger partial charge is 0.122 e. The van der Waals surface area contributed by atoms with Crippen LogP contribution in [0.15, 0.2) is 23.6 Å². The number of rotatable bonds is 1. The zero-order valence-electron chi connectivity index (χ0n) is 8.18. The molecule has 13 heavy (non-hydrogen) atoms. The lowest BCUT2D eigenvalue weighted by molar-refractivity contribution is 0.516. The second-order valence-electron chi connectivity index (χ2n) is 4.28. The summed E-state index contributed by atoms with van der Waals surface area (Å²) >= 11 is 0. The molecule has 0 radical (unpaired) electrons. The summed E-state index contributed by atoms with van der Waals surface area (Å²) < 4.78 is 13.5. The van der Waals surface area contributed by atoms with Crippen molar-refractivity contribution in [1.82, 2.24) is 5.32 Å². The molecule has 1 aliphatic heterocycles. The maximum Gasteiger partial charge on any atom is 0.122 e. The molecule has 0 spiro atoms. The molecule has 1 saturated heterocycles. The number of fused-ring (bicyclic) bond motifs is 1. The van der Waals surface area contributed by atoms with Crippen LogP contribution >= 0.6 is 0 Å². The molecular formula is C11H16FN. The molecule has 2 unspecified atom stereocenters. The first-order valence-corrected chi connectivity index (χ1v) is 4.98. The van der Waals surface area contributed by atoms with Crippen molar-refractivity contribution in [3.8, 4) is 0 Å². The predicted octanol–water partition coefficient (Wildman–Crippen LogP) is 2.27. The Kier molecular flexibility index (Phi) is 2.24. The van der Waals surface area contributed by atoms with E-state index in [1.807, 2.05) is 13.8 Å². The van der Waals surface area contributed by atoms with Crippen LogP contribution in [0.3, 0.4) is 0 Å². The van der Waals surface area contributed by atoms with Crippen LogP contribution in [-0.2, 0) is 0 Å². The topological polar surface area (TPSA) is 12.0 Å². The SMILES string of the molecule is CC(C)C1=CC2CNCC2C=C1F. The van der Waals surface area contributed by atoms with E-state index in [9.17, 15) is 4.39 Å². The number of halogens is 1. The van der Waals surface area contributed by atoms with Crippen molar-refractivity contribution in [2.24, 2.45) is 17.8 Å². The van der Waals surface area contributed by atoms with E-state index in [4.69, 9.17) is 0 Å². The van der Waals surface area contributed by atoms with E-state index in [2.05, 4.69) is 11.4 Å². The summed E-state index contributed by atoms with van der Waals surface area (Å²) in [6, 6.07) is 0. The first-order valence-electron chi connectivity index (χ1n) is 4.98. The van der Waals surface area contributed by atoms with Gasteiger partial charge in [0.05, 0.1) is 0 Å². The van der Waals surface area contributed by atoms with Gasteiger partial charge in [0.15, 0.2) is 0 Å². The molecule has 2 heteroatoms. The lowest BCUT2D eigenvalue weighted by Crippen LogP contribution is -2.14. The van der Waals surface area contributed by atoms with Gasteiger partial charge in [0.2, 0.25) is 0 Å². The zero-order chi connectivity index (χ0) is 9.42. The molecule has 1 heterocycles. The van der Waals surface area contributed by atoms with Crippen LogP contribution in [-0.4, -0.2) is 13.1 Å². The summed E-state index contributed by atoms with van der Waals surface area (Å²) in [5.74, 6) is 1.22. The third-order valence-corrected chi connectivity index (χ3v) is 2.96. The minimum Gasteiger partial charge on any atom is -0.316 e. The Morgan fingerprint density at radius 2 is 1.92 bits per heavy atom. The molecule has 0 amide bonds. The molecule has 0 saturated carbocycles. The van der Waals surface area contributed by atoms with Crippen molar-refractivity contribution in [1.29, 1.82) is 0 Å². The van der Waals surface area contributed by atoms with Gasteiger partial charge in [-0.05, 0) is 29.4 Å². The van der Waals surface area contributed by atoms with Crippen molar-refractivity contribution in [3.05, 3.63) is 23.6 Å². The monoisotopic (exact) mass is 181 g/mol. The van der Waals surface area contributed by atoms with Gasteiger partial charge in [0.25, 0.3) is 0 Å². The summed E-state index contributed by atoms with van der Waals surface area (Å²) in [4.78, 5) is 0. The lowest BCUT2D eigenvalue weighted by atomic mass is 9.84. The third kappa shape index (κ3) is 1.55. The Hall–Kier alpha value is -0.630. The highest BCUT2D eigenvalue weighted by Crippen LogP contribution is 2.33. The Morgan fingerprint density at radius 1 is 1.31 bits per heavy atom. The highest BCUT2D eigenvalue weighted by molar-refractivity contribution is 5.33. The number of allylic oxidation sites excluding steroid dienone is 2. The van der Waals surface area contributed by atoms with Crippen LogP contribution in [0.1, 0.15) is 13.8 Å². The number of nitrogens with one attached hydrogen (secondary N) is 1. The van der Waals surface area contributed by atoms with E-state index in [1.165, 1.54) is 0 Å². The summed E-state index contributed by atoms with van der Waals surface area (Å²) in [6.45, 7) is 6.02. The van der Waals surface area contributed by atoms with Crippen LogP contribution < -0.4 is 5.32 Å². The molecule has 2 rings (SSSR count). The van der Waals surface area contributed by atoms with E-state index in [0.717, 1.165) is 18.7 Å². The van der Waals surface area contributed by atoms with Crippen molar-refractivity contribution < 1.29 is 4.39 Å². The average molecular weight is 181 g/mol. The molecule has 2 aliphatic rings. The minimum absolute atomic E-state index is 0.0000463. The normalized spacial score (nSPS) is 32.9. The molecule has 0 bridgehead atoms. The average Bonchev–Trinajstić information content (AvgIpc) is 2.48. The van der Waals surface area contributed by atoms with Gasteiger partial charge in [-0.25, -0.2) is 4.39 Å². The van der Waals surface area contributed by atoms with Gasteiger partial charge in [0, 0.05) is 13.1 Å². The fraction of sp³-hybridized carbons (Fsp3) is 0.636. The Morgan fingerprint density at radius 3 is 2.54 bits per heavy atom. The number of hydrogen-bond donors (Lipinski definition) is 1. The zero-order valence-corrected chi connectivity index (χ0v) is 8.18. The highest BCUT2D eigenvalue weighted by Gasteiger charge is 2.29. The maximum atomic E-state index is 13.5. The molecule has 72 valence electrons. The Balaban J connectivity index is 2.25. The van der Waals surface area contributed by atoms with Gasteiger partial charge in [-0.1, -0.05) is 19.9 Å². The van der Waals surface area contributed by atoms with Crippen molar-refractivity contribution in [2.75, 3.05) is 13.1 Å². The van der Waals surface area contributed by atoms with Gasteiger partial charge in [-0.3, -0.25) is 0 Å². The fourth-order valence-electron chi connectivity index (χ4n) is 2.15. The Bertz CT molecular complexity index is 265. The first kappa shape index (κ1) is 8.95. The molecule has 0 aromatic carbocycles. The van der Waals surface area contributed by atoms with E-state index in [0.29, 0.717) is 17.8 Å². The fourth-order valence-corrected chi connectivity index (χ4v) is 2.15. The van der Waals surface area contributed by atoms with Crippen molar-refractivity contribution in [2.45, 2.75) is 13.8 Å². The summed E-state index contributed by atoms with van der Waals surface area (Å²) in [6.07, 6.45) is 3.91. The van der Waals surface area contributed by atoms with Crippen LogP contribution in [0, 0.1) is 17.8 Å². The van der Waals surface area contributed by atoms with Gasteiger partial charge < -0.3 is 5.32 Å². The molecule has 0 aromatic rings. The van der Waals surface area contributed by atoms with Crippen molar-refractivity contribution >= 4 is 0 Å². The van der Waals surface area contributed by atoms with E-state index >= 15 is 0 Å². The van der Waals surface area contributed by atoms with Gasteiger partial charge in [0.1, 0.15) is 5.83 Å². The van der Waals surface area contributed by atoms with Crippen molar-refractivity contribution in [3.63, 3.8) is 0 Å². The van der Waals surface area contributed by atoms with Gasteiger partial charge in [-0.15, -0.1) is 0 Å². The molecule has 1 aliphatic carbocycles. The van der Waals surface area contributed by atoms with E-state index in [1.54, 1.807) is 6.08 Å². The first-order chi connectivity index (χ1) is 6.18. The minimum atomic E-state index is -0.0000463. The molecule has 1 nitrogen and oxygen atoms in total. The summed E-state index contributed by atoms with van der Waals surface area (Å²) in [5, 5.41) is 3.29. The molecule has 0 aromatic heterocycles. The second kappa shape index (κ2) is 3.26. The van der Waals surface area contributed by atoms with Crippen LogP contribution in [0.5, 0.6) is 0 Å². The van der Waals surface area contributed by atoms with Gasteiger partial charge >= 0.3 is 0 Å². The predicted molar refractivity (Wildman–Crippen MR) is 52.0 cm³/mol. The van der Waals surface area contributed by atoms with E-state index in [-0.39, 0.29) is 5.83 Å². The molecule has 2 atom stereocenters. The van der Waals surface area contributed by atoms with Crippen LogP contribution in [0.4, 0.5) is 4.39 Å². The standard InChI is InChI=1S/C11H16FN/c1-7(2)10-3-8-5-13-6-9(8)4-11(10)12/h3-4,7-9,13H,5-6H2,1-2H3. The summed E-state index contributed by atoms with van der Waals surface area (Å²) in [5.41, 5.74) is 0.893. The highest BCUT2D eigenvalue weighted by atomic mass is 19.1. The number of hydrogen-bond acceptors (Lipinski definition) is 1. The largest absolute Gasteiger partial charge is 0.316 e. The second-order valence-corrected chi connectivity index (χ2v) is 4.28. The molecule has 1 N–H and O–H groups in total. The molecular weight excluding hydrogens is 165 g/mol. The molecule has 1 fully saturated rings.